The first-order valence-corrected chi connectivity index (χ1v) is 6.04. The Balaban J connectivity index is 2.67. The van der Waals surface area contributed by atoms with Gasteiger partial charge >= 0.3 is 5.97 Å². The molecule has 1 rings (SSSR count). The summed E-state index contributed by atoms with van der Waals surface area (Å²) < 4.78 is 11.2. The van der Waals surface area contributed by atoms with Crippen molar-refractivity contribution in [1.29, 1.82) is 0 Å². The summed E-state index contributed by atoms with van der Waals surface area (Å²) in [5, 5.41) is 19.6. The minimum Gasteiger partial charge on any atom is -0.468 e. The second-order valence-electron chi connectivity index (χ2n) is 3.89. The molecule has 0 aromatic carbocycles. The molecule has 1 heterocycles. The van der Waals surface area contributed by atoms with Crippen LogP contribution in [-0.4, -0.2) is 60.0 Å². The monoisotopic (exact) mass is 272 g/mol. The number of methoxy groups -OCH3 is 2. The molecule has 8 nitrogen and oxygen atoms in total. The Labute approximate surface area is 111 Å². The Morgan fingerprint density at radius 3 is 3.00 bits per heavy atom. The quantitative estimate of drug-likeness (QED) is 0.444. The van der Waals surface area contributed by atoms with Gasteiger partial charge in [-0.1, -0.05) is 5.21 Å². The number of hydrogen-bond acceptors (Lipinski definition) is 7. The van der Waals surface area contributed by atoms with E-state index in [0.29, 0.717) is 31.8 Å². The lowest BCUT2D eigenvalue weighted by atomic mass is 10.2. The summed E-state index contributed by atoms with van der Waals surface area (Å²) in [7, 11) is 2.91. The predicted molar refractivity (Wildman–Crippen MR) is 66.4 cm³/mol. The smallest absolute Gasteiger partial charge is 0.329 e. The number of esters is 1. The van der Waals surface area contributed by atoms with E-state index in [1.165, 1.54) is 7.11 Å². The number of aliphatic hydroxyl groups is 1. The number of hydrogen-bond donors (Lipinski definition) is 2. The van der Waals surface area contributed by atoms with E-state index in [1.54, 1.807) is 18.0 Å². The highest BCUT2D eigenvalue weighted by Crippen LogP contribution is 2.11. The molecule has 1 aromatic heterocycles. The van der Waals surface area contributed by atoms with Gasteiger partial charge in [0.15, 0.2) is 6.04 Å². The molecule has 0 saturated carbocycles. The van der Waals surface area contributed by atoms with Crippen molar-refractivity contribution < 1.29 is 19.4 Å². The molecule has 0 fully saturated rings. The maximum Gasteiger partial charge on any atom is 0.329 e. The molecule has 0 spiro atoms. The molecule has 0 radical (unpaired) electrons. The molecule has 1 atom stereocenters. The Morgan fingerprint density at radius 1 is 1.58 bits per heavy atom. The predicted octanol–water partition coefficient (Wildman–Crippen LogP) is -0.889. The van der Waals surface area contributed by atoms with Gasteiger partial charge in [-0.25, -0.2) is 4.79 Å². The van der Waals surface area contributed by atoms with Crippen LogP contribution in [-0.2, 0) is 20.8 Å². The third-order valence-electron chi connectivity index (χ3n) is 2.49. The molecule has 2 N–H and O–H groups in total. The van der Waals surface area contributed by atoms with Gasteiger partial charge in [0, 0.05) is 26.8 Å². The number of aryl methyl sites for hydroxylation is 1. The molecule has 0 bridgehead atoms. The Hall–Kier alpha value is -1.51. The van der Waals surface area contributed by atoms with Gasteiger partial charge in [0.25, 0.3) is 0 Å². The summed E-state index contributed by atoms with van der Waals surface area (Å²) in [4.78, 5) is 11.7. The van der Waals surface area contributed by atoms with Crippen LogP contribution in [0.15, 0.2) is 6.20 Å². The number of ether oxygens (including phenoxy) is 2. The van der Waals surface area contributed by atoms with Gasteiger partial charge in [-0.05, 0) is 6.42 Å². The molecular formula is C11H20N4O4. The van der Waals surface area contributed by atoms with E-state index in [4.69, 9.17) is 14.6 Å². The Bertz CT molecular complexity index is 383. The highest BCUT2D eigenvalue weighted by molar-refractivity contribution is 5.76. The first-order valence-electron chi connectivity index (χ1n) is 6.04. The third kappa shape index (κ3) is 4.93. The van der Waals surface area contributed by atoms with Gasteiger partial charge in [0.2, 0.25) is 0 Å². The summed E-state index contributed by atoms with van der Waals surface area (Å²) in [6.07, 6.45) is 2.25. The SMILES string of the molecule is COCCNC(C(=O)OC)c1cn(CCCO)nn1. The number of nitrogens with one attached hydrogen (secondary N) is 1. The summed E-state index contributed by atoms with van der Waals surface area (Å²) in [5.74, 6) is -0.426. The zero-order valence-corrected chi connectivity index (χ0v) is 11.2. The van der Waals surface area contributed by atoms with Crippen molar-refractivity contribution >= 4 is 5.97 Å². The van der Waals surface area contributed by atoms with Crippen molar-refractivity contribution in [2.24, 2.45) is 0 Å². The topological polar surface area (TPSA) is 98.5 Å². The number of aliphatic hydroxyl groups excluding tert-OH is 1. The second kappa shape index (κ2) is 8.57. The van der Waals surface area contributed by atoms with Crippen LogP contribution in [0.2, 0.25) is 0 Å². The third-order valence-corrected chi connectivity index (χ3v) is 2.49. The molecule has 1 unspecified atom stereocenters. The molecule has 8 heteroatoms. The van der Waals surface area contributed by atoms with Crippen molar-refractivity contribution in [3.05, 3.63) is 11.9 Å². The maximum absolute atomic E-state index is 11.7. The van der Waals surface area contributed by atoms with Crippen LogP contribution in [0.1, 0.15) is 18.2 Å². The van der Waals surface area contributed by atoms with E-state index < -0.39 is 12.0 Å². The lowest BCUT2D eigenvalue weighted by Crippen LogP contribution is -2.32. The van der Waals surface area contributed by atoms with Gasteiger partial charge in [-0.3, -0.25) is 10.00 Å². The average molecular weight is 272 g/mol. The van der Waals surface area contributed by atoms with Crippen LogP contribution in [0, 0.1) is 0 Å². The van der Waals surface area contributed by atoms with E-state index in [9.17, 15) is 4.79 Å². The first-order chi connectivity index (χ1) is 9.22. The van der Waals surface area contributed by atoms with E-state index in [0.717, 1.165) is 0 Å². The van der Waals surface area contributed by atoms with Gasteiger partial charge in [-0.15, -0.1) is 5.10 Å². The first kappa shape index (κ1) is 15.5. The number of nitrogens with zero attached hydrogens (tertiary/aromatic N) is 3. The van der Waals surface area contributed by atoms with Crippen LogP contribution in [0.4, 0.5) is 0 Å². The summed E-state index contributed by atoms with van der Waals surface area (Å²) in [6.45, 7) is 1.61. The molecule has 0 amide bonds. The van der Waals surface area contributed by atoms with Crippen LogP contribution >= 0.6 is 0 Å². The van der Waals surface area contributed by atoms with Crippen LogP contribution in [0.25, 0.3) is 0 Å². The molecule has 108 valence electrons. The molecule has 0 saturated heterocycles. The average Bonchev–Trinajstić information content (AvgIpc) is 2.89. The van der Waals surface area contributed by atoms with E-state index in [2.05, 4.69) is 15.6 Å². The highest BCUT2D eigenvalue weighted by atomic mass is 16.5. The molecule has 0 aliphatic carbocycles. The fourth-order valence-electron chi connectivity index (χ4n) is 1.52. The Kier molecular flexibility index (Phi) is 7.01. The standard InChI is InChI=1S/C11H20N4O4/c1-18-7-4-12-10(11(17)19-2)9-8-15(14-13-9)5-3-6-16/h8,10,12,16H,3-7H2,1-2H3. The fraction of sp³-hybridized carbons (Fsp3) is 0.727. The van der Waals surface area contributed by atoms with Crippen LogP contribution in [0.5, 0.6) is 0 Å². The second-order valence-corrected chi connectivity index (χ2v) is 3.89. The number of aromatic nitrogens is 3. The van der Waals surface area contributed by atoms with Gasteiger partial charge < -0.3 is 14.6 Å². The van der Waals surface area contributed by atoms with Crippen molar-refractivity contribution in [3.63, 3.8) is 0 Å². The molecule has 19 heavy (non-hydrogen) atoms. The minimum atomic E-state index is -0.664. The van der Waals surface area contributed by atoms with Gasteiger partial charge in [0.1, 0.15) is 5.69 Å². The highest BCUT2D eigenvalue weighted by Gasteiger charge is 2.23. The van der Waals surface area contributed by atoms with Crippen molar-refractivity contribution in [2.75, 3.05) is 34.0 Å². The van der Waals surface area contributed by atoms with Gasteiger partial charge in [-0.2, -0.15) is 0 Å². The number of rotatable bonds is 9. The van der Waals surface area contributed by atoms with Crippen molar-refractivity contribution in [3.8, 4) is 0 Å². The summed E-state index contributed by atoms with van der Waals surface area (Å²) >= 11 is 0. The fourth-order valence-corrected chi connectivity index (χ4v) is 1.52. The van der Waals surface area contributed by atoms with E-state index >= 15 is 0 Å². The van der Waals surface area contributed by atoms with Crippen molar-refractivity contribution in [2.45, 2.75) is 19.0 Å². The van der Waals surface area contributed by atoms with E-state index in [-0.39, 0.29) is 6.61 Å². The molecule has 0 aliphatic rings. The minimum absolute atomic E-state index is 0.0850. The maximum atomic E-state index is 11.7. The van der Waals surface area contributed by atoms with Gasteiger partial charge in [0.05, 0.1) is 19.9 Å². The molecule has 1 aromatic rings. The molecular weight excluding hydrogens is 252 g/mol. The number of carbonyl (C=O) groups excluding carboxylic acids is 1. The van der Waals surface area contributed by atoms with E-state index in [1.807, 2.05) is 0 Å². The Morgan fingerprint density at radius 2 is 2.37 bits per heavy atom. The zero-order valence-electron chi connectivity index (χ0n) is 11.2. The lowest BCUT2D eigenvalue weighted by molar-refractivity contribution is -0.143. The van der Waals surface area contributed by atoms with Crippen LogP contribution < -0.4 is 5.32 Å². The van der Waals surface area contributed by atoms with Crippen molar-refractivity contribution in [1.82, 2.24) is 20.3 Å². The molecule has 0 aliphatic heterocycles. The van der Waals surface area contributed by atoms with Crippen LogP contribution in [0.3, 0.4) is 0 Å². The normalized spacial score (nSPS) is 12.4. The lowest BCUT2D eigenvalue weighted by Gasteiger charge is -2.13. The largest absolute Gasteiger partial charge is 0.468 e. The summed E-state index contributed by atoms with van der Waals surface area (Å²) in [6, 6.07) is -0.664. The number of carbonyl (C=O) groups is 1. The summed E-state index contributed by atoms with van der Waals surface area (Å²) in [5.41, 5.74) is 0.487. The zero-order chi connectivity index (χ0) is 14.1.